The average molecular weight is 150 g/mol. The molecule has 0 aliphatic carbocycles. The van der Waals surface area contributed by atoms with Crippen molar-refractivity contribution in [2.45, 2.75) is 19.4 Å². The van der Waals surface area contributed by atoms with Gasteiger partial charge in [0.25, 0.3) is 0 Å². The highest BCUT2D eigenvalue weighted by Gasteiger charge is 2.06. The minimum Gasteiger partial charge on any atom is -0.362 e. The van der Waals surface area contributed by atoms with E-state index in [1.54, 1.807) is 0 Å². The molecule has 0 spiro atoms. The van der Waals surface area contributed by atoms with Crippen LogP contribution in [0.15, 0.2) is 36.2 Å². The lowest BCUT2D eigenvalue weighted by molar-refractivity contribution is 0.647. The van der Waals surface area contributed by atoms with Gasteiger partial charge in [0.15, 0.2) is 0 Å². The van der Waals surface area contributed by atoms with Crippen LogP contribution in [0, 0.1) is 0 Å². The molecule has 0 unspecified atom stereocenters. The number of nitrogens with one attached hydrogen (secondary N) is 1. The van der Waals surface area contributed by atoms with Crippen LogP contribution in [-0.2, 0) is 0 Å². The maximum absolute atomic E-state index is 5.79. The van der Waals surface area contributed by atoms with Crippen LogP contribution in [0.5, 0.6) is 0 Å². The largest absolute Gasteiger partial charge is 0.362 e. The van der Waals surface area contributed by atoms with Gasteiger partial charge in [0, 0.05) is 17.4 Å². The molecule has 0 atom stereocenters. The van der Waals surface area contributed by atoms with Crippen molar-refractivity contribution < 1.29 is 0 Å². The molecule has 2 heteroatoms. The molecular formula is C9H14N2. The van der Waals surface area contributed by atoms with Gasteiger partial charge in [-0.15, -0.1) is 0 Å². The number of rotatable bonds is 1. The van der Waals surface area contributed by atoms with Crippen LogP contribution in [-0.4, -0.2) is 5.54 Å². The molecule has 1 rings (SSSR count). The Balaban J connectivity index is 2.69. The summed E-state index contributed by atoms with van der Waals surface area (Å²) in [6.07, 6.45) is 9.80. The lowest BCUT2D eigenvalue weighted by atomic mass is 10.1. The summed E-state index contributed by atoms with van der Waals surface area (Å²) < 4.78 is 0. The second kappa shape index (κ2) is 2.93. The van der Waals surface area contributed by atoms with Gasteiger partial charge < -0.3 is 11.1 Å². The van der Waals surface area contributed by atoms with Crippen molar-refractivity contribution in [2.75, 3.05) is 0 Å². The number of dihydropyridines is 1. The van der Waals surface area contributed by atoms with Crippen molar-refractivity contribution in [1.82, 2.24) is 5.32 Å². The summed E-state index contributed by atoms with van der Waals surface area (Å²) in [4.78, 5) is 0. The molecule has 0 amide bonds. The standard InChI is InChI=1S/C9H14N2/c1-9(2,10)7-8-5-3-4-6-11-8/h3-7,11H,10H2,1-2H3. The van der Waals surface area contributed by atoms with Crippen molar-refractivity contribution in [3.63, 3.8) is 0 Å². The fraction of sp³-hybridized carbons (Fsp3) is 0.333. The van der Waals surface area contributed by atoms with Crippen molar-refractivity contribution >= 4 is 0 Å². The van der Waals surface area contributed by atoms with E-state index < -0.39 is 0 Å². The van der Waals surface area contributed by atoms with E-state index in [4.69, 9.17) is 5.73 Å². The van der Waals surface area contributed by atoms with E-state index in [9.17, 15) is 0 Å². The number of hydrogen-bond acceptors (Lipinski definition) is 2. The molecule has 0 aromatic rings. The van der Waals surface area contributed by atoms with E-state index in [1.165, 1.54) is 0 Å². The van der Waals surface area contributed by atoms with Crippen molar-refractivity contribution in [3.8, 4) is 0 Å². The van der Waals surface area contributed by atoms with Crippen LogP contribution in [0.25, 0.3) is 0 Å². The van der Waals surface area contributed by atoms with Crippen molar-refractivity contribution in [3.05, 3.63) is 36.2 Å². The summed E-state index contributed by atoms with van der Waals surface area (Å²) in [5, 5.41) is 3.09. The summed E-state index contributed by atoms with van der Waals surface area (Å²) in [6, 6.07) is 0. The average Bonchev–Trinajstić information content (AvgIpc) is 1.85. The molecule has 0 radical (unpaired) electrons. The Morgan fingerprint density at radius 1 is 1.45 bits per heavy atom. The Bertz CT molecular complexity index is 216. The molecule has 0 aromatic heterocycles. The normalized spacial score (nSPS) is 20.5. The van der Waals surface area contributed by atoms with E-state index in [1.807, 2.05) is 44.4 Å². The summed E-state index contributed by atoms with van der Waals surface area (Å²) in [7, 11) is 0. The predicted octanol–water partition coefficient (Wildman–Crippen LogP) is 1.28. The number of allylic oxidation sites excluding steroid dienone is 3. The molecule has 0 saturated carbocycles. The molecule has 0 bridgehead atoms. The predicted molar refractivity (Wildman–Crippen MR) is 47.8 cm³/mol. The molecule has 1 aliphatic rings. The van der Waals surface area contributed by atoms with Gasteiger partial charge in [-0.1, -0.05) is 6.08 Å². The third-order valence-corrected chi connectivity index (χ3v) is 1.26. The maximum Gasteiger partial charge on any atom is 0.0357 e. The van der Waals surface area contributed by atoms with Crippen molar-refractivity contribution in [2.24, 2.45) is 5.73 Å². The Labute approximate surface area is 67.5 Å². The summed E-state index contributed by atoms with van der Waals surface area (Å²) in [5.41, 5.74) is 6.60. The fourth-order valence-electron chi connectivity index (χ4n) is 0.898. The molecule has 0 aromatic carbocycles. The molecule has 1 heterocycles. The van der Waals surface area contributed by atoms with Gasteiger partial charge in [0.1, 0.15) is 0 Å². The van der Waals surface area contributed by atoms with Crippen LogP contribution >= 0.6 is 0 Å². The van der Waals surface area contributed by atoms with Gasteiger partial charge in [-0.2, -0.15) is 0 Å². The van der Waals surface area contributed by atoms with Crippen LogP contribution < -0.4 is 11.1 Å². The smallest absolute Gasteiger partial charge is 0.0357 e. The first kappa shape index (κ1) is 8.08. The molecule has 3 N–H and O–H groups in total. The van der Waals surface area contributed by atoms with E-state index >= 15 is 0 Å². The van der Waals surface area contributed by atoms with Gasteiger partial charge >= 0.3 is 0 Å². The first-order chi connectivity index (χ1) is 5.08. The topological polar surface area (TPSA) is 38.0 Å². The summed E-state index contributed by atoms with van der Waals surface area (Å²) in [5.74, 6) is 0. The third kappa shape index (κ3) is 3.05. The highest BCUT2D eigenvalue weighted by Crippen LogP contribution is 2.05. The zero-order chi connectivity index (χ0) is 8.32. The Morgan fingerprint density at radius 2 is 2.18 bits per heavy atom. The molecule has 1 aliphatic heterocycles. The van der Waals surface area contributed by atoms with Crippen LogP contribution in [0.2, 0.25) is 0 Å². The highest BCUT2D eigenvalue weighted by atomic mass is 14.9. The van der Waals surface area contributed by atoms with Gasteiger partial charge in [-0.05, 0) is 32.1 Å². The van der Waals surface area contributed by atoms with Gasteiger partial charge in [-0.25, -0.2) is 0 Å². The Hall–Kier alpha value is -1.02. The minimum atomic E-state index is -0.252. The van der Waals surface area contributed by atoms with E-state index in [0.717, 1.165) is 5.70 Å². The van der Waals surface area contributed by atoms with Gasteiger partial charge in [0.2, 0.25) is 0 Å². The van der Waals surface area contributed by atoms with E-state index in [-0.39, 0.29) is 5.54 Å². The minimum absolute atomic E-state index is 0.252. The molecule has 11 heavy (non-hydrogen) atoms. The molecule has 60 valence electrons. The quantitative estimate of drug-likeness (QED) is 0.591. The Kier molecular flexibility index (Phi) is 2.15. The van der Waals surface area contributed by atoms with Crippen LogP contribution in [0.1, 0.15) is 13.8 Å². The lowest BCUT2D eigenvalue weighted by Gasteiger charge is -2.15. The van der Waals surface area contributed by atoms with E-state index in [2.05, 4.69) is 5.32 Å². The van der Waals surface area contributed by atoms with Gasteiger partial charge in [-0.3, -0.25) is 0 Å². The number of hydrogen-bond donors (Lipinski definition) is 2. The second-order valence-electron chi connectivity index (χ2n) is 3.28. The number of nitrogens with two attached hydrogens (primary N) is 1. The lowest BCUT2D eigenvalue weighted by Crippen LogP contribution is -2.30. The van der Waals surface area contributed by atoms with Crippen LogP contribution in [0.4, 0.5) is 0 Å². The molecule has 0 fully saturated rings. The molecule has 0 saturated heterocycles. The second-order valence-corrected chi connectivity index (χ2v) is 3.28. The zero-order valence-electron chi connectivity index (χ0n) is 6.96. The first-order valence-electron chi connectivity index (χ1n) is 3.69. The Morgan fingerprint density at radius 3 is 2.64 bits per heavy atom. The van der Waals surface area contributed by atoms with Gasteiger partial charge in [0.05, 0.1) is 0 Å². The van der Waals surface area contributed by atoms with E-state index in [0.29, 0.717) is 0 Å². The SMILES string of the molecule is CC(C)(N)C=C1C=CC=CN1. The van der Waals surface area contributed by atoms with Crippen LogP contribution in [0.3, 0.4) is 0 Å². The summed E-state index contributed by atoms with van der Waals surface area (Å²) in [6.45, 7) is 3.93. The molecular weight excluding hydrogens is 136 g/mol. The summed E-state index contributed by atoms with van der Waals surface area (Å²) >= 11 is 0. The van der Waals surface area contributed by atoms with Crippen molar-refractivity contribution in [1.29, 1.82) is 0 Å². The monoisotopic (exact) mass is 150 g/mol. The fourth-order valence-corrected chi connectivity index (χ4v) is 0.898. The highest BCUT2D eigenvalue weighted by molar-refractivity contribution is 5.29. The third-order valence-electron chi connectivity index (χ3n) is 1.26. The maximum atomic E-state index is 5.79. The zero-order valence-corrected chi connectivity index (χ0v) is 6.96. The molecule has 2 nitrogen and oxygen atoms in total. The first-order valence-corrected chi connectivity index (χ1v) is 3.69.